The average molecular weight is 414 g/mol. The van der Waals surface area contributed by atoms with Crippen LogP contribution < -0.4 is 10.2 Å². The van der Waals surface area contributed by atoms with E-state index in [-0.39, 0.29) is 24.0 Å². The first-order valence-corrected chi connectivity index (χ1v) is 9.55. The molecule has 7 nitrogen and oxygen atoms in total. The van der Waals surface area contributed by atoms with Crippen LogP contribution in [0.15, 0.2) is 18.2 Å². The lowest BCUT2D eigenvalue weighted by Crippen LogP contribution is -2.49. The number of piperazine rings is 1. The van der Waals surface area contributed by atoms with E-state index in [1.165, 1.54) is 13.0 Å². The van der Waals surface area contributed by atoms with Gasteiger partial charge in [0, 0.05) is 46.2 Å². The van der Waals surface area contributed by atoms with Crippen molar-refractivity contribution < 1.29 is 27.5 Å². The number of rotatable bonds is 4. The SMILES string of the molecule is CC(=O)N1CCN(CC(=O)Nc2cc(C(F)(F)F)ccc2N2CCOCC2)CC1. The third kappa shape index (κ3) is 5.60. The van der Waals surface area contributed by atoms with Crippen LogP contribution in [0.5, 0.6) is 0 Å². The summed E-state index contributed by atoms with van der Waals surface area (Å²) >= 11 is 0. The maximum atomic E-state index is 13.2. The van der Waals surface area contributed by atoms with Gasteiger partial charge in [-0.2, -0.15) is 13.2 Å². The number of morpholine rings is 1. The van der Waals surface area contributed by atoms with E-state index in [2.05, 4.69) is 5.32 Å². The molecule has 0 aliphatic carbocycles. The van der Waals surface area contributed by atoms with Crippen molar-refractivity contribution in [1.29, 1.82) is 0 Å². The molecule has 0 saturated carbocycles. The largest absolute Gasteiger partial charge is 0.416 e. The van der Waals surface area contributed by atoms with Crippen LogP contribution in [0.2, 0.25) is 0 Å². The molecule has 2 amide bonds. The zero-order valence-electron chi connectivity index (χ0n) is 16.3. The molecule has 1 aromatic carbocycles. The van der Waals surface area contributed by atoms with Crippen molar-refractivity contribution >= 4 is 23.2 Å². The Balaban J connectivity index is 1.70. The normalized spacial score (nSPS) is 18.6. The zero-order chi connectivity index (χ0) is 21.0. The number of nitrogens with zero attached hydrogens (tertiary/aromatic N) is 3. The average Bonchev–Trinajstić information content (AvgIpc) is 2.68. The Hall–Kier alpha value is -2.33. The molecule has 0 atom stereocenters. The van der Waals surface area contributed by atoms with E-state index < -0.39 is 11.7 Å². The van der Waals surface area contributed by atoms with E-state index in [4.69, 9.17) is 4.74 Å². The summed E-state index contributed by atoms with van der Waals surface area (Å²) in [5, 5.41) is 2.66. The van der Waals surface area contributed by atoms with Crippen molar-refractivity contribution in [3.63, 3.8) is 0 Å². The summed E-state index contributed by atoms with van der Waals surface area (Å²) in [4.78, 5) is 29.4. The van der Waals surface area contributed by atoms with Gasteiger partial charge in [0.1, 0.15) is 0 Å². The van der Waals surface area contributed by atoms with Crippen molar-refractivity contribution in [2.75, 3.05) is 69.2 Å². The summed E-state index contributed by atoms with van der Waals surface area (Å²) in [6.45, 7) is 5.77. The second kappa shape index (κ2) is 9.00. The Morgan fingerprint density at radius 2 is 1.72 bits per heavy atom. The number of carbonyl (C=O) groups is 2. The Morgan fingerprint density at radius 1 is 1.07 bits per heavy atom. The third-order valence-corrected chi connectivity index (χ3v) is 5.13. The van der Waals surface area contributed by atoms with Crippen LogP contribution in [0.4, 0.5) is 24.5 Å². The Labute approximate surface area is 167 Å². The number of nitrogens with one attached hydrogen (secondary N) is 1. The number of carbonyl (C=O) groups excluding carboxylic acids is 2. The fourth-order valence-electron chi connectivity index (χ4n) is 3.51. The molecule has 1 N–H and O–H groups in total. The first-order chi connectivity index (χ1) is 13.7. The van der Waals surface area contributed by atoms with Crippen LogP contribution in [-0.2, 0) is 20.5 Å². The molecule has 2 aliphatic rings. The monoisotopic (exact) mass is 414 g/mol. The summed E-state index contributed by atoms with van der Waals surface area (Å²) in [6.07, 6.45) is -4.49. The van der Waals surface area contributed by atoms with Crippen molar-refractivity contribution in [2.45, 2.75) is 13.1 Å². The van der Waals surface area contributed by atoms with Gasteiger partial charge in [0.2, 0.25) is 11.8 Å². The minimum Gasteiger partial charge on any atom is -0.378 e. The number of anilines is 2. The second-order valence-corrected chi connectivity index (χ2v) is 7.16. The highest BCUT2D eigenvalue weighted by Gasteiger charge is 2.32. The number of ether oxygens (including phenoxy) is 1. The predicted molar refractivity (Wildman–Crippen MR) is 102 cm³/mol. The smallest absolute Gasteiger partial charge is 0.378 e. The van der Waals surface area contributed by atoms with Crippen LogP contribution in [-0.4, -0.2) is 80.6 Å². The maximum absolute atomic E-state index is 13.2. The van der Waals surface area contributed by atoms with E-state index in [0.29, 0.717) is 58.2 Å². The standard InChI is InChI=1S/C19H25F3N4O3/c1-14(27)25-6-4-24(5-7-25)13-18(28)23-16-12-15(19(20,21)22)2-3-17(16)26-8-10-29-11-9-26/h2-3,12H,4-11,13H2,1H3,(H,23,28). The molecular weight excluding hydrogens is 389 g/mol. The Bertz CT molecular complexity index is 743. The number of amides is 2. The van der Waals surface area contributed by atoms with Crippen molar-refractivity contribution in [2.24, 2.45) is 0 Å². The summed E-state index contributed by atoms with van der Waals surface area (Å²) in [5.74, 6) is -0.386. The fraction of sp³-hybridized carbons (Fsp3) is 0.579. The Morgan fingerprint density at radius 3 is 2.31 bits per heavy atom. The summed E-state index contributed by atoms with van der Waals surface area (Å²) < 4.78 is 44.8. The molecule has 1 aromatic rings. The van der Waals surface area contributed by atoms with Gasteiger partial charge in [0.15, 0.2) is 0 Å². The number of hydrogen-bond acceptors (Lipinski definition) is 5. The summed E-state index contributed by atoms with van der Waals surface area (Å²) in [5.41, 5.74) is -0.106. The molecule has 3 rings (SSSR count). The number of benzene rings is 1. The predicted octanol–water partition coefficient (Wildman–Crippen LogP) is 1.64. The molecule has 0 aromatic heterocycles. The van der Waals surface area contributed by atoms with Crippen LogP contribution in [0, 0.1) is 0 Å². The van der Waals surface area contributed by atoms with Gasteiger partial charge in [-0.15, -0.1) is 0 Å². The van der Waals surface area contributed by atoms with Crippen LogP contribution in [0.3, 0.4) is 0 Å². The van der Waals surface area contributed by atoms with Crippen molar-refractivity contribution in [3.8, 4) is 0 Å². The lowest BCUT2D eigenvalue weighted by Gasteiger charge is -2.34. The lowest BCUT2D eigenvalue weighted by atomic mass is 10.1. The van der Waals surface area contributed by atoms with E-state index in [0.717, 1.165) is 12.1 Å². The fourth-order valence-corrected chi connectivity index (χ4v) is 3.51. The van der Waals surface area contributed by atoms with Gasteiger partial charge in [-0.05, 0) is 18.2 Å². The molecule has 0 radical (unpaired) electrons. The maximum Gasteiger partial charge on any atom is 0.416 e. The van der Waals surface area contributed by atoms with Gasteiger partial charge in [-0.3, -0.25) is 14.5 Å². The number of hydrogen-bond donors (Lipinski definition) is 1. The number of alkyl halides is 3. The topological polar surface area (TPSA) is 65.1 Å². The molecule has 0 spiro atoms. The third-order valence-electron chi connectivity index (χ3n) is 5.13. The van der Waals surface area contributed by atoms with Gasteiger partial charge in [0.25, 0.3) is 0 Å². The molecule has 10 heteroatoms. The van der Waals surface area contributed by atoms with E-state index in [9.17, 15) is 22.8 Å². The van der Waals surface area contributed by atoms with Gasteiger partial charge >= 0.3 is 6.18 Å². The van der Waals surface area contributed by atoms with Gasteiger partial charge in [0.05, 0.1) is 36.7 Å². The van der Waals surface area contributed by atoms with Crippen LogP contribution in [0.25, 0.3) is 0 Å². The lowest BCUT2D eigenvalue weighted by molar-refractivity contribution is -0.137. The Kier molecular flexibility index (Phi) is 6.63. The van der Waals surface area contributed by atoms with Crippen LogP contribution in [0.1, 0.15) is 12.5 Å². The zero-order valence-corrected chi connectivity index (χ0v) is 16.3. The molecule has 0 unspecified atom stereocenters. The van der Waals surface area contributed by atoms with Crippen LogP contribution >= 0.6 is 0 Å². The first kappa shape index (κ1) is 21.4. The quantitative estimate of drug-likeness (QED) is 0.812. The highest BCUT2D eigenvalue weighted by atomic mass is 19.4. The van der Waals surface area contributed by atoms with E-state index >= 15 is 0 Å². The molecule has 2 heterocycles. The van der Waals surface area contributed by atoms with Gasteiger partial charge < -0.3 is 19.9 Å². The number of halogens is 3. The van der Waals surface area contributed by atoms with Crippen molar-refractivity contribution in [1.82, 2.24) is 9.80 Å². The van der Waals surface area contributed by atoms with E-state index in [1.807, 2.05) is 9.80 Å². The van der Waals surface area contributed by atoms with E-state index in [1.54, 1.807) is 4.90 Å². The first-order valence-electron chi connectivity index (χ1n) is 9.55. The molecule has 2 aliphatic heterocycles. The molecule has 0 bridgehead atoms. The van der Waals surface area contributed by atoms with Gasteiger partial charge in [-0.25, -0.2) is 0 Å². The summed E-state index contributed by atoms with van der Waals surface area (Å²) in [7, 11) is 0. The summed E-state index contributed by atoms with van der Waals surface area (Å²) in [6, 6.07) is 3.41. The molecule has 160 valence electrons. The highest BCUT2D eigenvalue weighted by Crippen LogP contribution is 2.35. The second-order valence-electron chi connectivity index (χ2n) is 7.16. The molecular formula is C19H25F3N4O3. The molecule has 2 fully saturated rings. The highest BCUT2D eigenvalue weighted by molar-refractivity contribution is 5.96. The molecule has 2 saturated heterocycles. The minimum atomic E-state index is -4.49. The molecule has 29 heavy (non-hydrogen) atoms. The minimum absolute atomic E-state index is 0.00628. The van der Waals surface area contributed by atoms with Crippen molar-refractivity contribution in [3.05, 3.63) is 23.8 Å². The van der Waals surface area contributed by atoms with Gasteiger partial charge in [-0.1, -0.05) is 0 Å².